The Morgan fingerprint density at radius 2 is 2.21 bits per heavy atom. The van der Waals surface area contributed by atoms with Crippen molar-refractivity contribution in [1.29, 1.82) is 0 Å². The van der Waals surface area contributed by atoms with Crippen LogP contribution in [-0.2, 0) is 0 Å². The number of likely N-dealkylation sites (tertiary alicyclic amines) is 1. The monoisotopic (exact) mass is 259 g/mol. The molecule has 1 fully saturated rings. The number of nitrogens with two attached hydrogens (primary N) is 1. The minimum Gasteiger partial charge on any atom is -0.399 e. The van der Waals surface area contributed by atoms with E-state index in [1.54, 1.807) is 0 Å². The van der Waals surface area contributed by atoms with Crippen molar-refractivity contribution in [1.82, 2.24) is 14.9 Å². The van der Waals surface area contributed by atoms with Crippen molar-refractivity contribution >= 4 is 22.7 Å². The van der Waals surface area contributed by atoms with Crippen LogP contribution in [0.4, 0.5) is 11.6 Å². The number of hydrogen-bond donors (Lipinski definition) is 3. The van der Waals surface area contributed by atoms with E-state index in [1.807, 2.05) is 18.2 Å². The SMILES string of the molecule is CN1CCC(CNc2nc3ccc(N)cc3[nH]2)CC1. The standard InChI is InChI=1S/C14H21N5/c1-19-6-4-10(5-7-19)9-16-14-17-12-3-2-11(15)8-13(12)18-14/h2-3,8,10H,4-7,9,15H2,1H3,(H2,16,17,18). The van der Waals surface area contributed by atoms with Gasteiger partial charge in [-0.3, -0.25) is 0 Å². The van der Waals surface area contributed by atoms with E-state index in [2.05, 4.69) is 27.2 Å². The van der Waals surface area contributed by atoms with Crippen LogP contribution in [0.1, 0.15) is 12.8 Å². The number of nitrogen functional groups attached to an aromatic ring is 1. The summed E-state index contributed by atoms with van der Waals surface area (Å²) < 4.78 is 0. The number of nitrogens with zero attached hydrogens (tertiary/aromatic N) is 2. The predicted molar refractivity (Wildman–Crippen MR) is 79.2 cm³/mol. The second kappa shape index (κ2) is 5.09. The van der Waals surface area contributed by atoms with Crippen LogP contribution >= 0.6 is 0 Å². The number of rotatable bonds is 3. The van der Waals surface area contributed by atoms with Crippen molar-refractivity contribution < 1.29 is 0 Å². The summed E-state index contributed by atoms with van der Waals surface area (Å²) in [5.41, 5.74) is 8.48. The third-order valence-corrected chi connectivity index (χ3v) is 3.90. The lowest BCUT2D eigenvalue weighted by Gasteiger charge is -2.28. The van der Waals surface area contributed by atoms with E-state index in [-0.39, 0.29) is 0 Å². The van der Waals surface area contributed by atoms with Gasteiger partial charge in [-0.05, 0) is 57.1 Å². The Hall–Kier alpha value is -1.75. The molecule has 0 saturated carbocycles. The summed E-state index contributed by atoms with van der Waals surface area (Å²) in [4.78, 5) is 10.2. The number of nitrogens with one attached hydrogen (secondary N) is 2. The number of aromatic nitrogens is 2. The molecule has 0 amide bonds. The number of piperidine rings is 1. The first-order valence-corrected chi connectivity index (χ1v) is 6.88. The molecule has 1 aromatic carbocycles. The van der Waals surface area contributed by atoms with E-state index in [0.29, 0.717) is 0 Å². The molecule has 0 aliphatic carbocycles. The molecular weight excluding hydrogens is 238 g/mol. The molecule has 19 heavy (non-hydrogen) atoms. The number of H-pyrrole nitrogens is 1. The van der Waals surface area contributed by atoms with Crippen LogP contribution in [0.3, 0.4) is 0 Å². The van der Waals surface area contributed by atoms with Crippen LogP contribution in [-0.4, -0.2) is 41.5 Å². The molecule has 1 aliphatic heterocycles. The molecular formula is C14H21N5. The van der Waals surface area contributed by atoms with E-state index in [4.69, 9.17) is 5.73 Å². The fourth-order valence-corrected chi connectivity index (χ4v) is 2.62. The number of benzene rings is 1. The lowest BCUT2D eigenvalue weighted by atomic mass is 9.97. The van der Waals surface area contributed by atoms with Crippen molar-refractivity contribution in [2.45, 2.75) is 12.8 Å². The summed E-state index contributed by atoms with van der Waals surface area (Å²) in [6, 6.07) is 5.74. The molecule has 0 unspecified atom stereocenters. The molecule has 1 aliphatic rings. The summed E-state index contributed by atoms with van der Waals surface area (Å²) in [7, 11) is 2.19. The maximum atomic E-state index is 5.76. The number of fused-ring (bicyclic) bond motifs is 1. The average molecular weight is 259 g/mol. The van der Waals surface area contributed by atoms with E-state index in [1.165, 1.54) is 25.9 Å². The molecule has 2 heterocycles. The Kier molecular flexibility index (Phi) is 3.29. The number of imidazole rings is 1. The molecule has 5 nitrogen and oxygen atoms in total. The summed E-state index contributed by atoms with van der Waals surface area (Å²) in [5.74, 6) is 1.59. The van der Waals surface area contributed by atoms with E-state index >= 15 is 0 Å². The van der Waals surface area contributed by atoms with Gasteiger partial charge in [-0.2, -0.15) is 0 Å². The fraction of sp³-hybridized carbons (Fsp3) is 0.500. The molecule has 3 rings (SSSR count). The van der Waals surface area contributed by atoms with Crippen molar-refractivity contribution in [3.05, 3.63) is 18.2 Å². The molecule has 5 heteroatoms. The third-order valence-electron chi connectivity index (χ3n) is 3.90. The minimum absolute atomic E-state index is 0.745. The third kappa shape index (κ3) is 2.81. The molecule has 102 valence electrons. The van der Waals surface area contributed by atoms with Crippen LogP contribution in [0.25, 0.3) is 11.0 Å². The second-order valence-electron chi connectivity index (χ2n) is 5.49. The van der Waals surface area contributed by atoms with Gasteiger partial charge in [0, 0.05) is 12.2 Å². The summed E-state index contributed by atoms with van der Waals surface area (Å²) in [6.45, 7) is 3.38. The maximum Gasteiger partial charge on any atom is 0.201 e. The lowest BCUT2D eigenvalue weighted by molar-refractivity contribution is 0.226. The van der Waals surface area contributed by atoms with Gasteiger partial charge in [-0.15, -0.1) is 0 Å². The highest BCUT2D eigenvalue weighted by molar-refractivity contribution is 5.80. The fourth-order valence-electron chi connectivity index (χ4n) is 2.62. The highest BCUT2D eigenvalue weighted by Crippen LogP contribution is 2.19. The smallest absolute Gasteiger partial charge is 0.201 e. The van der Waals surface area contributed by atoms with E-state index < -0.39 is 0 Å². The van der Waals surface area contributed by atoms with Crippen LogP contribution < -0.4 is 11.1 Å². The van der Waals surface area contributed by atoms with Crippen molar-refractivity contribution in [2.24, 2.45) is 5.92 Å². The lowest BCUT2D eigenvalue weighted by Crippen LogP contribution is -2.33. The normalized spacial score (nSPS) is 17.9. The van der Waals surface area contributed by atoms with E-state index in [9.17, 15) is 0 Å². The van der Waals surface area contributed by atoms with E-state index in [0.717, 1.165) is 35.1 Å². The Morgan fingerprint density at radius 3 is 3.00 bits per heavy atom. The summed E-state index contributed by atoms with van der Waals surface area (Å²) >= 11 is 0. The van der Waals surface area contributed by atoms with Crippen LogP contribution in [0.15, 0.2) is 18.2 Å². The molecule has 0 spiro atoms. The Morgan fingerprint density at radius 1 is 1.42 bits per heavy atom. The highest BCUT2D eigenvalue weighted by Gasteiger charge is 2.16. The Bertz CT molecular complexity index is 554. The number of aromatic amines is 1. The first-order valence-electron chi connectivity index (χ1n) is 6.88. The molecule has 2 aromatic rings. The van der Waals surface area contributed by atoms with Gasteiger partial charge in [0.25, 0.3) is 0 Å². The molecule has 1 saturated heterocycles. The van der Waals surface area contributed by atoms with Gasteiger partial charge in [0.15, 0.2) is 0 Å². The van der Waals surface area contributed by atoms with Gasteiger partial charge >= 0.3 is 0 Å². The maximum absolute atomic E-state index is 5.76. The highest BCUT2D eigenvalue weighted by atomic mass is 15.1. The number of anilines is 2. The van der Waals surface area contributed by atoms with Crippen LogP contribution in [0.2, 0.25) is 0 Å². The Labute approximate surface area is 113 Å². The second-order valence-corrected chi connectivity index (χ2v) is 5.49. The first-order chi connectivity index (χ1) is 9.20. The number of hydrogen-bond acceptors (Lipinski definition) is 4. The quantitative estimate of drug-likeness (QED) is 0.736. The Balaban J connectivity index is 1.62. The average Bonchev–Trinajstić information content (AvgIpc) is 2.80. The van der Waals surface area contributed by atoms with Crippen LogP contribution in [0.5, 0.6) is 0 Å². The largest absolute Gasteiger partial charge is 0.399 e. The summed E-state index contributed by atoms with van der Waals surface area (Å²) in [5, 5.41) is 3.41. The van der Waals surface area contributed by atoms with Crippen molar-refractivity contribution in [3.63, 3.8) is 0 Å². The molecule has 4 N–H and O–H groups in total. The topological polar surface area (TPSA) is 70.0 Å². The molecule has 0 radical (unpaired) electrons. The zero-order chi connectivity index (χ0) is 13.2. The zero-order valence-corrected chi connectivity index (χ0v) is 11.3. The van der Waals surface area contributed by atoms with Gasteiger partial charge in [0.1, 0.15) is 0 Å². The van der Waals surface area contributed by atoms with Gasteiger partial charge in [0.2, 0.25) is 5.95 Å². The van der Waals surface area contributed by atoms with Crippen LogP contribution in [0, 0.1) is 5.92 Å². The summed E-state index contributed by atoms with van der Waals surface area (Å²) in [6.07, 6.45) is 2.52. The van der Waals surface area contributed by atoms with Gasteiger partial charge < -0.3 is 20.9 Å². The van der Waals surface area contributed by atoms with Crippen molar-refractivity contribution in [3.8, 4) is 0 Å². The molecule has 0 atom stereocenters. The minimum atomic E-state index is 0.745. The van der Waals surface area contributed by atoms with Gasteiger partial charge in [0.05, 0.1) is 11.0 Å². The van der Waals surface area contributed by atoms with Crippen molar-refractivity contribution in [2.75, 3.05) is 37.7 Å². The van der Waals surface area contributed by atoms with Gasteiger partial charge in [-0.25, -0.2) is 4.98 Å². The molecule has 0 bridgehead atoms. The molecule has 1 aromatic heterocycles. The first kappa shape index (κ1) is 12.3. The zero-order valence-electron chi connectivity index (χ0n) is 11.3. The predicted octanol–water partition coefficient (Wildman–Crippen LogP) is 1.90. The van der Waals surface area contributed by atoms with Gasteiger partial charge in [-0.1, -0.05) is 0 Å².